The zero-order valence-electron chi connectivity index (χ0n) is 14.1. The summed E-state index contributed by atoms with van der Waals surface area (Å²) < 4.78 is 5.25. The fourth-order valence-corrected chi connectivity index (χ4v) is 1.80. The van der Waals surface area contributed by atoms with Crippen molar-refractivity contribution < 1.29 is 14.9 Å². The first-order valence-corrected chi connectivity index (χ1v) is 7.77. The van der Waals surface area contributed by atoms with E-state index in [0.717, 1.165) is 25.7 Å². The van der Waals surface area contributed by atoms with Gasteiger partial charge in [-0.1, -0.05) is 34.9 Å². The van der Waals surface area contributed by atoms with Crippen molar-refractivity contribution in [2.24, 2.45) is 0 Å². The van der Waals surface area contributed by atoms with E-state index in [1.54, 1.807) is 0 Å². The average Bonchev–Trinajstić information content (AvgIpc) is 2.42. The van der Waals surface area contributed by atoms with Crippen LogP contribution in [0.2, 0.25) is 0 Å². The predicted molar refractivity (Wildman–Crippen MR) is 89.3 cm³/mol. The van der Waals surface area contributed by atoms with Crippen LogP contribution in [0.5, 0.6) is 0 Å². The topological polar surface area (TPSA) is 49.7 Å². The zero-order valence-corrected chi connectivity index (χ0v) is 14.1. The van der Waals surface area contributed by atoms with E-state index in [-0.39, 0.29) is 13.2 Å². The van der Waals surface area contributed by atoms with Crippen LogP contribution in [0.4, 0.5) is 0 Å². The van der Waals surface area contributed by atoms with Crippen LogP contribution >= 0.6 is 0 Å². The molecule has 21 heavy (non-hydrogen) atoms. The van der Waals surface area contributed by atoms with Crippen molar-refractivity contribution in [1.29, 1.82) is 0 Å². The normalized spacial score (nSPS) is 14.2. The largest absolute Gasteiger partial charge is 0.394 e. The summed E-state index contributed by atoms with van der Waals surface area (Å²) in [4.78, 5) is 0. The molecule has 0 saturated heterocycles. The molecule has 2 N–H and O–H groups in total. The molecule has 0 spiro atoms. The van der Waals surface area contributed by atoms with Crippen LogP contribution in [0.3, 0.4) is 0 Å². The lowest BCUT2D eigenvalue weighted by molar-refractivity contribution is 0.0148. The summed E-state index contributed by atoms with van der Waals surface area (Å²) in [6.45, 7) is 8.98. The highest BCUT2D eigenvalue weighted by Crippen LogP contribution is 2.11. The molecule has 0 radical (unpaired) electrons. The quantitative estimate of drug-likeness (QED) is 0.451. The van der Waals surface area contributed by atoms with Gasteiger partial charge < -0.3 is 14.9 Å². The summed E-state index contributed by atoms with van der Waals surface area (Å²) in [5.41, 5.74) is 4.12. The van der Waals surface area contributed by atoms with E-state index in [2.05, 4.69) is 39.8 Å². The van der Waals surface area contributed by atoms with Crippen molar-refractivity contribution in [2.75, 3.05) is 19.8 Å². The molecule has 0 aliphatic rings. The van der Waals surface area contributed by atoms with Gasteiger partial charge in [0.05, 0.1) is 19.8 Å². The molecular weight excluding hydrogens is 264 g/mol. The first kappa shape index (κ1) is 20.1. The third-order valence-electron chi connectivity index (χ3n) is 3.19. The monoisotopic (exact) mass is 296 g/mol. The summed E-state index contributed by atoms with van der Waals surface area (Å²) in [6.07, 6.45) is 10.2. The molecule has 1 unspecified atom stereocenters. The Morgan fingerprint density at radius 3 is 2.10 bits per heavy atom. The van der Waals surface area contributed by atoms with E-state index in [9.17, 15) is 0 Å². The SMILES string of the molecule is CC(C)=CCC/C(C)=C/CC/C(C)=C/COCC(O)CO. The second kappa shape index (κ2) is 12.8. The maximum Gasteiger partial charge on any atom is 0.100 e. The van der Waals surface area contributed by atoms with Crippen LogP contribution in [-0.4, -0.2) is 36.1 Å². The Balaban J connectivity index is 3.80. The Labute approximate surface area is 130 Å². The fourth-order valence-electron chi connectivity index (χ4n) is 1.80. The standard InChI is InChI=1S/C18H32O3/c1-15(2)7-5-8-16(3)9-6-10-17(4)11-12-21-14-18(20)13-19/h7,9,11,18-20H,5-6,8,10,12-14H2,1-4H3/b16-9+,17-11+. The van der Waals surface area contributed by atoms with Crippen LogP contribution in [0, 0.1) is 0 Å². The summed E-state index contributed by atoms with van der Waals surface area (Å²) in [6, 6.07) is 0. The van der Waals surface area contributed by atoms with E-state index in [4.69, 9.17) is 14.9 Å². The van der Waals surface area contributed by atoms with Crippen molar-refractivity contribution in [3.63, 3.8) is 0 Å². The highest BCUT2D eigenvalue weighted by Gasteiger charge is 1.99. The molecule has 0 fully saturated rings. The molecular formula is C18H32O3. The van der Waals surface area contributed by atoms with Crippen LogP contribution in [0.15, 0.2) is 34.9 Å². The van der Waals surface area contributed by atoms with Crippen molar-refractivity contribution in [2.45, 2.75) is 59.5 Å². The van der Waals surface area contributed by atoms with Crippen molar-refractivity contribution in [3.05, 3.63) is 34.9 Å². The molecule has 0 aromatic rings. The van der Waals surface area contributed by atoms with E-state index < -0.39 is 6.10 Å². The fraction of sp³-hybridized carbons (Fsp3) is 0.667. The Bertz CT molecular complexity index is 349. The zero-order chi connectivity index (χ0) is 16.1. The first-order chi connectivity index (χ1) is 9.95. The van der Waals surface area contributed by atoms with Crippen molar-refractivity contribution in [1.82, 2.24) is 0 Å². The number of aliphatic hydroxyl groups is 2. The van der Waals surface area contributed by atoms with Gasteiger partial charge >= 0.3 is 0 Å². The highest BCUT2D eigenvalue weighted by molar-refractivity contribution is 5.05. The van der Waals surface area contributed by atoms with Gasteiger partial charge in [0.25, 0.3) is 0 Å². The number of ether oxygens (including phenoxy) is 1. The lowest BCUT2D eigenvalue weighted by Crippen LogP contribution is -2.19. The van der Waals surface area contributed by atoms with Gasteiger partial charge in [-0.2, -0.15) is 0 Å². The Kier molecular flexibility index (Phi) is 12.3. The molecule has 0 heterocycles. The van der Waals surface area contributed by atoms with Crippen LogP contribution < -0.4 is 0 Å². The van der Waals surface area contributed by atoms with Gasteiger partial charge in [-0.3, -0.25) is 0 Å². The minimum absolute atomic E-state index is 0.184. The lowest BCUT2D eigenvalue weighted by atomic mass is 10.1. The van der Waals surface area contributed by atoms with Gasteiger partial charge in [0.2, 0.25) is 0 Å². The van der Waals surface area contributed by atoms with Gasteiger partial charge in [-0.15, -0.1) is 0 Å². The van der Waals surface area contributed by atoms with Gasteiger partial charge in [0.1, 0.15) is 6.10 Å². The summed E-state index contributed by atoms with van der Waals surface area (Å²) in [5, 5.41) is 17.8. The average molecular weight is 296 g/mol. The van der Waals surface area contributed by atoms with E-state index in [1.807, 2.05) is 6.08 Å². The Hall–Kier alpha value is -0.900. The molecule has 0 aromatic carbocycles. The molecule has 3 nitrogen and oxygen atoms in total. The molecule has 122 valence electrons. The highest BCUT2D eigenvalue weighted by atomic mass is 16.5. The predicted octanol–water partition coefficient (Wildman–Crippen LogP) is 3.78. The molecule has 3 heteroatoms. The number of allylic oxidation sites excluding steroid dienone is 5. The number of hydrogen-bond acceptors (Lipinski definition) is 3. The third kappa shape index (κ3) is 13.8. The molecule has 0 aliphatic carbocycles. The molecule has 0 amide bonds. The smallest absolute Gasteiger partial charge is 0.100 e. The molecule has 0 saturated carbocycles. The summed E-state index contributed by atoms with van der Waals surface area (Å²) >= 11 is 0. The minimum Gasteiger partial charge on any atom is -0.394 e. The second-order valence-electron chi connectivity index (χ2n) is 5.83. The molecule has 0 rings (SSSR count). The summed E-state index contributed by atoms with van der Waals surface area (Å²) in [5.74, 6) is 0. The third-order valence-corrected chi connectivity index (χ3v) is 3.19. The first-order valence-electron chi connectivity index (χ1n) is 7.77. The van der Waals surface area contributed by atoms with Crippen LogP contribution in [0.1, 0.15) is 53.4 Å². The van der Waals surface area contributed by atoms with Crippen molar-refractivity contribution >= 4 is 0 Å². The van der Waals surface area contributed by atoms with Gasteiger partial charge in [-0.05, 0) is 53.4 Å². The van der Waals surface area contributed by atoms with E-state index in [0.29, 0.717) is 6.61 Å². The van der Waals surface area contributed by atoms with Gasteiger partial charge in [-0.25, -0.2) is 0 Å². The van der Waals surface area contributed by atoms with Crippen molar-refractivity contribution in [3.8, 4) is 0 Å². The Morgan fingerprint density at radius 2 is 1.52 bits per heavy atom. The van der Waals surface area contributed by atoms with Crippen LogP contribution in [0.25, 0.3) is 0 Å². The number of rotatable bonds is 11. The second-order valence-corrected chi connectivity index (χ2v) is 5.83. The molecule has 1 atom stereocenters. The number of aliphatic hydroxyl groups excluding tert-OH is 2. The molecule has 0 aromatic heterocycles. The molecule has 0 bridgehead atoms. The van der Waals surface area contributed by atoms with Gasteiger partial charge in [0.15, 0.2) is 0 Å². The molecule has 0 aliphatic heterocycles. The van der Waals surface area contributed by atoms with Gasteiger partial charge in [0, 0.05) is 0 Å². The maximum atomic E-state index is 9.12. The van der Waals surface area contributed by atoms with Crippen LogP contribution in [-0.2, 0) is 4.74 Å². The summed E-state index contributed by atoms with van der Waals surface area (Å²) in [7, 11) is 0. The van der Waals surface area contributed by atoms with E-state index in [1.165, 1.54) is 16.7 Å². The number of hydrogen-bond donors (Lipinski definition) is 2. The maximum absolute atomic E-state index is 9.12. The Morgan fingerprint density at radius 1 is 0.952 bits per heavy atom. The minimum atomic E-state index is -0.773. The van der Waals surface area contributed by atoms with E-state index >= 15 is 0 Å². The lowest BCUT2D eigenvalue weighted by Gasteiger charge is -2.06.